The zero-order valence-corrected chi connectivity index (χ0v) is 14.7. The van der Waals surface area contributed by atoms with Gasteiger partial charge in [-0.15, -0.1) is 0 Å². The van der Waals surface area contributed by atoms with Gasteiger partial charge in [0.15, 0.2) is 0 Å². The van der Waals surface area contributed by atoms with Crippen LogP contribution in [0.1, 0.15) is 5.76 Å². The first-order valence-electron chi connectivity index (χ1n) is 6.98. The van der Waals surface area contributed by atoms with Crippen LogP contribution in [0.3, 0.4) is 0 Å². The van der Waals surface area contributed by atoms with E-state index in [0.717, 1.165) is 5.56 Å². The van der Waals surface area contributed by atoms with Crippen LogP contribution in [0.2, 0.25) is 15.1 Å². The van der Waals surface area contributed by atoms with Crippen molar-refractivity contribution in [1.29, 1.82) is 0 Å². The highest BCUT2D eigenvalue weighted by Crippen LogP contribution is 2.37. The number of nitro benzene ring substituents is 1. The summed E-state index contributed by atoms with van der Waals surface area (Å²) in [4.78, 5) is 14.5. The predicted octanol–water partition coefficient (Wildman–Crippen LogP) is 6.57. The third-order valence-electron chi connectivity index (χ3n) is 3.34. The first-order valence-corrected chi connectivity index (χ1v) is 8.11. The zero-order chi connectivity index (χ0) is 18.0. The maximum absolute atomic E-state index is 10.7. The van der Waals surface area contributed by atoms with Gasteiger partial charge in [-0.25, -0.2) is 0 Å². The van der Waals surface area contributed by atoms with Crippen molar-refractivity contribution in [2.45, 2.75) is 0 Å². The molecule has 0 aliphatic heterocycles. The monoisotopic (exact) mass is 394 g/mol. The van der Waals surface area contributed by atoms with Crippen LogP contribution in [0, 0.1) is 10.1 Å². The van der Waals surface area contributed by atoms with Crippen molar-refractivity contribution in [2.24, 2.45) is 4.99 Å². The number of nitro groups is 1. The van der Waals surface area contributed by atoms with E-state index in [1.807, 2.05) is 0 Å². The summed E-state index contributed by atoms with van der Waals surface area (Å²) in [5.41, 5.74) is 1.20. The highest BCUT2D eigenvalue weighted by molar-refractivity contribution is 6.49. The first-order chi connectivity index (χ1) is 12.0. The molecule has 0 atom stereocenters. The SMILES string of the molecule is O=[N+]([O-])c1ccc(-c2ccc(C=Nc3ccc(Cl)c(Cl)c3Cl)o2)cc1. The van der Waals surface area contributed by atoms with Crippen molar-refractivity contribution in [2.75, 3.05) is 0 Å². The lowest BCUT2D eigenvalue weighted by Crippen LogP contribution is -1.86. The third-order valence-corrected chi connectivity index (χ3v) is 4.62. The third kappa shape index (κ3) is 3.85. The summed E-state index contributed by atoms with van der Waals surface area (Å²) < 4.78 is 5.66. The standard InChI is InChI=1S/C17H9Cl3N2O3/c18-13-6-7-14(17(20)16(13)19)21-9-12-5-8-15(25-12)10-1-3-11(4-2-10)22(23)24/h1-9H. The Kier molecular flexibility index (Phi) is 5.08. The lowest BCUT2D eigenvalue weighted by molar-refractivity contribution is -0.384. The van der Waals surface area contributed by atoms with Gasteiger partial charge in [0.1, 0.15) is 11.5 Å². The number of aliphatic imine (C=N–C) groups is 1. The first kappa shape index (κ1) is 17.5. The van der Waals surface area contributed by atoms with E-state index in [1.165, 1.54) is 18.3 Å². The molecule has 2 aromatic carbocycles. The van der Waals surface area contributed by atoms with E-state index in [-0.39, 0.29) is 15.7 Å². The number of halogens is 3. The Morgan fingerprint density at radius 1 is 0.960 bits per heavy atom. The fourth-order valence-electron chi connectivity index (χ4n) is 2.07. The Labute approximate surface area is 157 Å². The van der Waals surface area contributed by atoms with Gasteiger partial charge in [0.2, 0.25) is 0 Å². The number of benzene rings is 2. The molecule has 126 valence electrons. The summed E-state index contributed by atoms with van der Waals surface area (Å²) in [5.74, 6) is 1.06. The van der Waals surface area contributed by atoms with Crippen molar-refractivity contribution in [3.8, 4) is 11.3 Å². The van der Waals surface area contributed by atoms with Crippen LogP contribution in [0.4, 0.5) is 11.4 Å². The molecule has 3 rings (SSSR count). The minimum absolute atomic E-state index is 0.0198. The molecule has 5 nitrogen and oxygen atoms in total. The topological polar surface area (TPSA) is 68.6 Å². The van der Waals surface area contributed by atoms with E-state index in [2.05, 4.69) is 4.99 Å². The van der Waals surface area contributed by atoms with Crippen molar-refractivity contribution >= 4 is 52.4 Å². The average molecular weight is 396 g/mol. The lowest BCUT2D eigenvalue weighted by Gasteiger charge is -2.01. The fraction of sp³-hybridized carbons (Fsp3) is 0. The Morgan fingerprint density at radius 2 is 1.68 bits per heavy atom. The summed E-state index contributed by atoms with van der Waals surface area (Å²) in [6, 6.07) is 12.8. The van der Waals surface area contributed by atoms with E-state index in [4.69, 9.17) is 39.2 Å². The molecule has 0 aliphatic carbocycles. The Balaban J connectivity index is 1.82. The van der Waals surface area contributed by atoms with Crippen LogP contribution < -0.4 is 0 Å². The smallest absolute Gasteiger partial charge is 0.269 e. The van der Waals surface area contributed by atoms with Gasteiger partial charge in [0, 0.05) is 17.7 Å². The number of hydrogen-bond acceptors (Lipinski definition) is 4. The van der Waals surface area contributed by atoms with Gasteiger partial charge in [-0.05, 0) is 36.4 Å². The predicted molar refractivity (Wildman–Crippen MR) is 99.5 cm³/mol. The largest absolute Gasteiger partial charge is 0.455 e. The highest BCUT2D eigenvalue weighted by Gasteiger charge is 2.09. The van der Waals surface area contributed by atoms with Gasteiger partial charge >= 0.3 is 0 Å². The molecule has 0 saturated heterocycles. The van der Waals surface area contributed by atoms with Crippen LogP contribution in [0.25, 0.3) is 11.3 Å². The van der Waals surface area contributed by atoms with E-state index in [1.54, 1.807) is 36.4 Å². The molecular formula is C17H9Cl3N2O3. The summed E-state index contributed by atoms with van der Waals surface area (Å²) in [6.45, 7) is 0. The molecule has 8 heteroatoms. The molecule has 0 N–H and O–H groups in total. The highest BCUT2D eigenvalue weighted by atomic mass is 35.5. The number of furan rings is 1. The molecule has 0 amide bonds. The Morgan fingerprint density at radius 3 is 2.36 bits per heavy atom. The van der Waals surface area contributed by atoms with Gasteiger partial charge in [-0.1, -0.05) is 34.8 Å². The van der Waals surface area contributed by atoms with Crippen molar-refractivity contribution in [1.82, 2.24) is 0 Å². The summed E-state index contributed by atoms with van der Waals surface area (Å²) in [6.07, 6.45) is 1.50. The normalized spacial score (nSPS) is 11.2. The number of hydrogen-bond donors (Lipinski definition) is 0. The quantitative estimate of drug-likeness (QED) is 0.217. The summed E-state index contributed by atoms with van der Waals surface area (Å²) >= 11 is 17.9. The molecule has 25 heavy (non-hydrogen) atoms. The molecule has 1 heterocycles. The zero-order valence-electron chi connectivity index (χ0n) is 12.4. The molecule has 0 radical (unpaired) electrons. The van der Waals surface area contributed by atoms with Crippen LogP contribution >= 0.6 is 34.8 Å². The van der Waals surface area contributed by atoms with Gasteiger partial charge < -0.3 is 4.42 Å². The van der Waals surface area contributed by atoms with Crippen LogP contribution in [-0.2, 0) is 0 Å². The second-order valence-electron chi connectivity index (χ2n) is 4.96. The molecule has 1 aromatic heterocycles. The molecule has 0 fully saturated rings. The number of nitrogens with zero attached hydrogens (tertiary/aromatic N) is 2. The van der Waals surface area contributed by atoms with E-state index in [0.29, 0.717) is 22.2 Å². The molecule has 0 spiro atoms. The van der Waals surface area contributed by atoms with Gasteiger partial charge in [0.05, 0.1) is 31.9 Å². The van der Waals surface area contributed by atoms with Crippen molar-refractivity contribution in [3.63, 3.8) is 0 Å². The Bertz CT molecular complexity index is 966. The van der Waals surface area contributed by atoms with Crippen LogP contribution in [-0.4, -0.2) is 11.1 Å². The molecule has 3 aromatic rings. The molecule has 0 aliphatic rings. The van der Waals surface area contributed by atoms with Crippen LogP contribution in [0.5, 0.6) is 0 Å². The van der Waals surface area contributed by atoms with Crippen LogP contribution in [0.15, 0.2) is 57.9 Å². The minimum Gasteiger partial charge on any atom is -0.455 e. The molecule has 0 saturated carbocycles. The number of non-ortho nitro benzene ring substituents is 1. The number of rotatable bonds is 4. The van der Waals surface area contributed by atoms with Gasteiger partial charge in [-0.2, -0.15) is 0 Å². The maximum Gasteiger partial charge on any atom is 0.269 e. The molecule has 0 unspecified atom stereocenters. The second kappa shape index (κ2) is 7.27. The molecular weight excluding hydrogens is 387 g/mol. The average Bonchev–Trinajstić information content (AvgIpc) is 3.08. The minimum atomic E-state index is -0.453. The fourth-order valence-corrected chi connectivity index (χ4v) is 2.65. The van der Waals surface area contributed by atoms with Gasteiger partial charge in [-0.3, -0.25) is 15.1 Å². The second-order valence-corrected chi connectivity index (χ2v) is 6.12. The van der Waals surface area contributed by atoms with E-state index >= 15 is 0 Å². The van der Waals surface area contributed by atoms with E-state index < -0.39 is 4.92 Å². The van der Waals surface area contributed by atoms with Gasteiger partial charge in [0.25, 0.3) is 5.69 Å². The van der Waals surface area contributed by atoms with Crippen molar-refractivity contribution in [3.05, 3.63) is 79.5 Å². The lowest BCUT2D eigenvalue weighted by atomic mass is 10.1. The molecule has 0 bridgehead atoms. The van der Waals surface area contributed by atoms with Crippen molar-refractivity contribution < 1.29 is 9.34 Å². The summed E-state index contributed by atoms with van der Waals surface area (Å²) in [5, 5.41) is 11.5. The maximum atomic E-state index is 10.7. The Hall–Kier alpha value is -2.34. The van der Waals surface area contributed by atoms with E-state index in [9.17, 15) is 10.1 Å². The summed E-state index contributed by atoms with van der Waals surface area (Å²) in [7, 11) is 0.